The molecule has 2 unspecified atom stereocenters. The van der Waals surface area contributed by atoms with Crippen LogP contribution < -0.4 is 11.3 Å². The van der Waals surface area contributed by atoms with Crippen LogP contribution in [0, 0.1) is 5.92 Å². The van der Waals surface area contributed by atoms with Gasteiger partial charge in [-0.25, -0.2) is 5.84 Å². The Balaban J connectivity index is 2.41. The van der Waals surface area contributed by atoms with E-state index in [0.29, 0.717) is 18.5 Å². The third-order valence-electron chi connectivity index (χ3n) is 3.19. The highest BCUT2D eigenvalue weighted by Crippen LogP contribution is 2.26. The van der Waals surface area contributed by atoms with Gasteiger partial charge in [-0.2, -0.15) is 0 Å². The lowest BCUT2D eigenvalue weighted by Crippen LogP contribution is -2.45. The molecule has 0 radical (unpaired) electrons. The minimum absolute atomic E-state index is 0.106. The van der Waals surface area contributed by atoms with Gasteiger partial charge in [-0.15, -0.1) is 0 Å². The summed E-state index contributed by atoms with van der Waals surface area (Å²) in [5.41, 5.74) is 2.17. The Bertz CT molecular complexity index is 196. The molecule has 0 aliphatic heterocycles. The van der Waals surface area contributed by atoms with Crippen LogP contribution in [0.5, 0.6) is 0 Å². The number of likely N-dealkylation sites (N-methyl/N-ethyl adjacent to an activating group) is 1. The van der Waals surface area contributed by atoms with Crippen molar-refractivity contribution < 1.29 is 4.79 Å². The quantitative estimate of drug-likeness (QED) is 0.395. The van der Waals surface area contributed by atoms with Gasteiger partial charge in [0, 0.05) is 6.04 Å². The monoisotopic (exact) mass is 199 g/mol. The lowest BCUT2D eigenvalue weighted by atomic mass is 9.85. The van der Waals surface area contributed by atoms with Crippen molar-refractivity contribution in [1.82, 2.24) is 10.3 Å². The molecule has 0 aromatic heterocycles. The highest BCUT2D eigenvalue weighted by atomic mass is 16.2. The van der Waals surface area contributed by atoms with Crippen molar-refractivity contribution in [3.05, 3.63) is 0 Å². The molecule has 1 fully saturated rings. The van der Waals surface area contributed by atoms with Crippen LogP contribution in [-0.2, 0) is 4.79 Å². The van der Waals surface area contributed by atoms with Crippen LogP contribution in [0.4, 0.5) is 0 Å². The Hall–Kier alpha value is -0.610. The molecular formula is C10H21N3O. The fourth-order valence-corrected chi connectivity index (χ4v) is 2.34. The summed E-state index contributed by atoms with van der Waals surface area (Å²) in [7, 11) is 2.00. The van der Waals surface area contributed by atoms with Crippen molar-refractivity contribution in [2.45, 2.75) is 38.6 Å². The summed E-state index contributed by atoms with van der Waals surface area (Å²) in [5.74, 6) is 5.65. The summed E-state index contributed by atoms with van der Waals surface area (Å²) < 4.78 is 0. The number of amides is 1. The molecule has 1 rings (SSSR count). The summed E-state index contributed by atoms with van der Waals surface area (Å²) in [4.78, 5) is 13.2. The lowest BCUT2D eigenvalue weighted by Gasteiger charge is -2.35. The zero-order valence-electron chi connectivity index (χ0n) is 9.12. The predicted octanol–water partition coefficient (Wildman–Crippen LogP) is 0.487. The standard InChI is InChI=1S/C10H21N3O/c1-8-5-3-4-6-9(8)13(2)7-10(14)12-11/h8-9H,3-7,11H2,1-2H3,(H,12,14). The maximum absolute atomic E-state index is 11.1. The number of hydrazine groups is 1. The minimum Gasteiger partial charge on any atom is -0.294 e. The van der Waals surface area contributed by atoms with Gasteiger partial charge in [-0.1, -0.05) is 19.8 Å². The summed E-state index contributed by atoms with van der Waals surface area (Å²) in [6, 6.07) is 0.543. The van der Waals surface area contributed by atoms with Gasteiger partial charge in [-0.3, -0.25) is 15.1 Å². The van der Waals surface area contributed by atoms with Crippen molar-refractivity contribution in [1.29, 1.82) is 0 Å². The summed E-state index contributed by atoms with van der Waals surface area (Å²) in [5, 5.41) is 0. The fourth-order valence-electron chi connectivity index (χ4n) is 2.34. The first kappa shape index (κ1) is 11.5. The number of carbonyl (C=O) groups excluding carboxylic acids is 1. The summed E-state index contributed by atoms with van der Waals surface area (Å²) in [6.07, 6.45) is 5.09. The van der Waals surface area contributed by atoms with Gasteiger partial charge >= 0.3 is 0 Å². The first-order valence-electron chi connectivity index (χ1n) is 5.35. The van der Waals surface area contributed by atoms with E-state index in [1.807, 2.05) is 7.05 Å². The Morgan fingerprint density at radius 2 is 2.14 bits per heavy atom. The summed E-state index contributed by atoms with van der Waals surface area (Å²) in [6.45, 7) is 2.67. The highest BCUT2D eigenvalue weighted by Gasteiger charge is 2.25. The van der Waals surface area contributed by atoms with Gasteiger partial charge in [0.25, 0.3) is 0 Å². The van der Waals surface area contributed by atoms with Crippen molar-refractivity contribution in [3.8, 4) is 0 Å². The number of nitrogens with one attached hydrogen (secondary N) is 1. The van der Waals surface area contributed by atoms with Gasteiger partial charge in [-0.05, 0) is 25.8 Å². The molecule has 0 saturated heterocycles. The molecule has 0 heterocycles. The molecule has 82 valence electrons. The van der Waals surface area contributed by atoms with Crippen molar-refractivity contribution in [3.63, 3.8) is 0 Å². The molecule has 4 heteroatoms. The Morgan fingerprint density at radius 1 is 1.50 bits per heavy atom. The second-order valence-electron chi connectivity index (χ2n) is 4.31. The maximum Gasteiger partial charge on any atom is 0.248 e. The zero-order valence-corrected chi connectivity index (χ0v) is 9.12. The van der Waals surface area contributed by atoms with E-state index in [1.165, 1.54) is 25.7 Å². The molecule has 0 aromatic rings. The van der Waals surface area contributed by atoms with Gasteiger partial charge in [0.2, 0.25) is 5.91 Å². The van der Waals surface area contributed by atoms with Crippen molar-refractivity contribution in [2.24, 2.45) is 11.8 Å². The van der Waals surface area contributed by atoms with Crippen LogP contribution in [0.25, 0.3) is 0 Å². The Labute approximate surface area is 85.8 Å². The van der Waals surface area contributed by atoms with Crippen LogP contribution >= 0.6 is 0 Å². The third-order valence-corrected chi connectivity index (χ3v) is 3.19. The second kappa shape index (κ2) is 5.32. The Morgan fingerprint density at radius 3 is 2.71 bits per heavy atom. The fraction of sp³-hybridized carbons (Fsp3) is 0.900. The molecule has 3 N–H and O–H groups in total. The van der Waals surface area contributed by atoms with E-state index in [9.17, 15) is 4.79 Å². The van der Waals surface area contributed by atoms with E-state index in [1.54, 1.807) is 0 Å². The van der Waals surface area contributed by atoms with Crippen molar-refractivity contribution in [2.75, 3.05) is 13.6 Å². The smallest absolute Gasteiger partial charge is 0.248 e. The largest absolute Gasteiger partial charge is 0.294 e. The van der Waals surface area contributed by atoms with E-state index in [-0.39, 0.29) is 5.91 Å². The highest BCUT2D eigenvalue weighted by molar-refractivity contribution is 5.77. The molecule has 2 atom stereocenters. The van der Waals surface area contributed by atoms with E-state index >= 15 is 0 Å². The molecule has 4 nitrogen and oxygen atoms in total. The molecule has 0 bridgehead atoms. The van der Waals surface area contributed by atoms with Crippen LogP contribution in [0.3, 0.4) is 0 Å². The lowest BCUT2D eigenvalue weighted by molar-refractivity contribution is -0.122. The average Bonchev–Trinajstić information content (AvgIpc) is 2.18. The van der Waals surface area contributed by atoms with E-state index in [2.05, 4.69) is 17.2 Å². The summed E-state index contributed by atoms with van der Waals surface area (Å²) >= 11 is 0. The van der Waals surface area contributed by atoms with E-state index < -0.39 is 0 Å². The van der Waals surface area contributed by atoms with Gasteiger partial charge in [0.1, 0.15) is 0 Å². The molecule has 1 aliphatic carbocycles. The van der Waals surface area contributed by atoms with E-state index in [0.717, 1.165) is 0 Å². The normalized spacial score (nSPS) is 27.7. The number of nitrogens with two attached hydrogens (primary N) is 1. The molecule has 1 amide bonds. The first-order valence-corrected chi connectivity index (χ1v) is 5.35. The zero-order chi connectivity index (χ0) is 10.6. The molecular weight excluding hydrogens is 178 g/mol. The van der Waals surface area contributed by atoms with Crippen LogP contribution in [-0.4, -0.2) is 30.4 Å². The molecule has 1 saturated carbocycles. The number of rotatable bonds is 3. The first-order chi connectivity index (χ1) is 6.65. The predicted molar refractivity (Wildman–Crippen MR) is 56.4 cm³/mol. The second-order valence-corrected chi connectivity index (χ2v) is 4.31. The number of nitrogens with zero attached hydrogens (tertiary/aromatic N) is 1. The van der Waals surface area contributed by atoms with Crippen LogP contribution in [0.1, 0.15) is 32.6 Å². The van der Waals surface area contributed by atoms with Gasteiger partial charge in [0.15, 0.2) is 0 Å². The molecule has 1 aliphatic rings. The third kappa shape index (κ3) is 2.96. The minimum atomic E-state index is -0.106. The topological polar surface area (TPSA) is 58.4 Å². The number of hydrogen-bond donors (Lipinski definition) is 2. The number of carbonyl (C=O) groups is 1. The SMILES string of the molecule is CC1CCCCC1N(C)CC(=O)NN. The van der Waals surface area contributed by atoms with E-state index in [4.69, 9.17) is 5.84 Å². The average molecular weight is 199 g/mol. The van der Waals surface area contributed by atoms with Crippen molar-refractivity contribution >= 4 is 5.91 Å². The number of hydrogen-bond acceptors (Lipinski definition) is 3. The molecule has 0 spiro atoms. The molecule has 0 aromatic carbocycles. The van der Waals surface area contributed by atoms with Crippen LogP contribution in [0.15, 0.2) is 0 Å². The molecule has 14 heavy (non-hydrogen) atoms. The Kier molecular flexibility index (Phi) is 4.35. The van der Waals surface area contributed by atoms with Gasteiger partial charge < -0.3 is 0 Å². The van der Waals surface area contributed by atoms with Crippen LogP contribution in [0.2, 0.25) is 0 Å². The maximum atomic E-state index is 11.1. The van der Waals surface area contributed by atoms with Gasteiger partial charge in [0.05, 0.1) is 6.54 Å².